The first kappa shape index (κ1) is 11.6. The molecule has 0 aliphatic carbocycles. The molecule has 3 N–H and O–H groups in total. The highest BCUT2D eigenvalue weighted by Crippen LogP contribution is 2.26. The normalized spacial score (nSPS) is 16.5. The number of carboxylic acid groups (broad SMARTS) is 1. The molecule has 1 aromatic rings. The maximum atomic E-state index is 11.7. The van der Waals surface area contributed by atoms with Crippen LogP contribution in [0.1, 0.15) is 16.8 Å². The van der Waals surface area contributed by atoms with E-state index in [0.29, 0.717) is 18.5 Å². The number of Topliss-reactive ketones (excluding diaryl/α,β-unsaturated/α-hetero) is 1. The molecule has 1 aromatic carbocycles. The predicted molar refractivity (Wildman–Crippen MR) is 63.2 cm³/mol. The van der Waals surface area contributed by atoms with Gasteiger partial charge in [0.15, 0.2) is 5.78 Å². The van der Waals surface area contributed by atoms with Gasteiger partial charge in [-0.05, 0) is 12.1 Å². The van der Waals surface area contributed by atoms with Crippen LogP contribution in [0.3, 0.4) is 0 Å². The Morgan fingerprint density at radius 1 is 1.47 bits per heavy atom. The Kier molecular flexibility index (Phi) is 3.10. The van der Waals surface area contributed by atoms with Gasteiger partial charge < -0.3 is 15.7 Å². The number of benzene rings is 1. The third-order valence-electron chi connectivity index (χ3n) is 2.89. The van der Waals surface area contributed by atoms with E-state index in [2.05, 4.69) is 0 Å². The van der Waals surface area contributed by atoms with Gasteiger partial charge in [0.05, 0.1) is 0 Å². The summed E-state index contributed by atoms with van der Waals surface area (Å²) in [5.74, 6) is -0.930. The van der Waals surface area contributed by atoms with E-state index < -0.39 is 12.0 Å². The van der Waals surface area contributed by atoms with Crippen molar-refractivity contribution in [2.45, 2.75) is 12.5 Å². The molecule has 0 bridgehead atoms. The van der Waals surface area contributed by atoms with Crippen LogP contribution < -0.4 is 10.6 Å². The monoisotopic (exact) mass is 234 g/mol. The molecule has 1 heterocycles. The molecular formula is C12H14N2O3. The number of para-hydroxylation sites is 1. The number of nitrogens with zero attached hydrogens (tertiary/aromatic N) is 1. The zero-order valence-electron chi connectivity index (χ0n) is 9.30. The number of ketones is 1. The first-order chi connectivity index (χ1) is 8.09. The largest absolute Gasteiger partial charge is 0.480 e. The summed E-state index contributed by atoms with van der Waals surface area (Å²) in [4.78, 5) is 24.3. The lowest BCUT2D eigenvalue weighted by Gasteiger charge is -2.31. The van der Waals surface area contributed by atoms with Crippen LogP contribution in [0.25, 0.3) is 0 Å². The van der Waals surface area contributed by atoms with E-state index in [-0.39, 0.29) is 12.3 Å². The third kappa shape index (κ3) is 2.29. The number of aliphatic carboxylic acids is 1. The molecule has 0 amide bonds. The lowest BCUT2D eigenvalue weighted by atomic mass is 10.00. The summed E-state index contributed by atoms with van der Waals surface area (Å²) in [7, 11) is 0. The maximum absolute atomic E-state index is 11.7. The van der Waals surface area contributed by atoms with Crippen molar-refractivity contribution in [1.82, 2.24) is 0 Å². The van der Waals surface area contributed by atoms with Crippen LogP contribution in [-0.4, -0.2) is 36.0 Å². The van der Waals surface area contributed by atoms with Crippen molar-refractivity contribution in [2.75, 3.05) is 18.0 Å². The van der Waals surface area contributed by atoms with Crippen molar-refractivity contribution in [2.24, 2.45) is 5.73 Å². The lowest BCUT2D eigenvalue weighted by molar-refractivity contribution is -0.138. The molecule has 1 aliphatic rings. The van der Waals surface area contributed by atoms with Gasteiger partial charge in [0, 0.05) is 30.8 Å². The second-order valence-corrected chi connectivity index (χ2v) is 4.08. The number of fused-ring (bicyclic) bond motifs is 1. The Bertz CT molecular complexity index is 459. The molecule has 0 saturated heterocycles. The summed E-state index contributed by atoms with van der Waals surface area (Å²) in [5, 5.41) is 8.79. The second kappa shape index (κ2) is 4.55. The van der Waals surface area contributed by atoms with Gasteiger partial charge in [-0.1, -0.05) is 12.1 Å². The molecule has 2 rings (SSSR count). The number of nitrogens with two attached hydrogens (primary N) is 1. The van der Waals surface area contributed by atoms with E-state index >= 15 is 0 Å². The summed E-state index contributed by atoms with van der Waals surface area (Å²) in [6, 6.07) is 6.28. The SMILES string of the molecule is NC(CN1CCC(=O)c2ccccc21)C(=O)O. The molecule has 0 aromatic heterocycles. The summed E-state index contributed by atoms with van der Waals surface area (Å²) in [6.45, 7) is 0.746. The Labute approximate surface area is 98.8 Å². The molecule has 90 valence electrons. The Hall–Kier alpha value is -1.88. The predicted octanol–water partition coefficient (Wildman–Crippen LogP) is 0.491. The quantitative estimate of drug-likeness (QED) is 0.795. The molecule has 0 spiro atoms. The minimum Gasteiger partial charge on any atom is -0.480 e. The standard InChI is InChI=1S/C12H14N2O3/c13-9(12(16)17)7-14-6-5-11(15)8-3-1-2-4-10(8)14/h1-4,9H,5-7,13H2,(H,16,17). The van der Waals surface area contributed by atoms with Gasteiger partial charge in [-0.2, -0.15) is 0 Å². The van der Waals surface area contributed by atoms with Crippen molar-refractivity contribution in [3.63, 3.8) is 0 Å². The van der Waals surface area contributed by atoms with Crippen LogP contribution in [0.2, 0.25) is 0 Å². The minimum atomic E-state index is -1.03. The number of anilines is 1. The fourth-order valence-electron chi connectivity index (χ4n) is 1.98. The number of carbonyl (C=O) groups excluding carboxylic acids is 1. The van der Waals surface area contributed by atoms with Crippen LogP contribution in [-0.2, 0) is 4.79 Å². The van der Waals surface area contributed by atoms with Crippen molar-refractivity contribution in [3.8, 4) is 0 Å². The fraction of sp³-hybridized carbons (Fsp3) is 0.333. The van der Waals surface area contributed by atoms with Crippen molar-refractivity contribution in [1.29, 1.82) is 0 Å². The number of hydrogen-bond donors (Lipinski definition) is 2. The van der Waals surface area contributed by atoms with Crippen LogP contribution in [0.15, 0.2) is 24.3 Å². The summed E-state index contributed by atoms with van der Waals surface area (Å²) < 4.78 is 0. The van der Waals surface area contributed by atoms with Gasteiger partial charge in [0.2, 0.25) is 0 Å². The minimum absolute atomic E-state index is 0.0979. The highest BCUT2D eigenvalue weighted by Gasteiger charge is 2.25. The van der Waals surface area contributed by atoms with Crippen molar-refractivity contribution in [3.05, 3.63) is 29.8 Å². The lowest BCUT2D eigenvalue weighted by Crippen LogP contribution is -2.45. The first-order valence-corrected chi connectivity index (χ1v) is 5.45. The van der Waals surface area contributed by atoms with Crippen molar-refractivity contribution >= 4 is 17.4 Å². The zero-order valence-corrected chi connectivity index (χ0v) is 9.30. The van der Waals surface area contributed by atoms with Crippen LogP contribution in [0.5, 0.6) is 0 Å². The number of hydrogen-bond acceptors (Lipinski definition) is 4. The van der Waals surface area contributed by atoms with E-state index in [9.17, 15) is 9.59 Å². The molecule has 0 fully saturated rings. The number of rotatable bonds is 3. The van der Waals surface area contributed by atoms with E-state index in [1.807, 2.05) is 17.0 Å². The summed E-state index contributed by atoms with van der Waals surface area (Å²) >= 11 is 0. The Balaban J connectivity index is 2.24. The molecule has 5 heteroatoms. The van der Waals surface area contributed by atoms with Crippen LogP contribution in [0.4, 0.5) is 5.69 Å². The van der Waals surface area contributed by atoms with E-state index in [1.54, 1.807) is 12.1 Å². The summed E-state index contributed by atoms with van der Waals surface area (Å²) in [6.07, 6.45) is 0.406. The molecule has 5 nitrogen and oxygen atoms in total. The second-order valence-electron chi connectivity index (χ2n) is 4.08. The maximum Gasteiger partial charge on any atom is 0.322 e. The molecule has 17 heavy (non-hydrogen) atoms. The molecule has 0 saturated carbocycles. The number of carboxylic acids is 1. The van der Waals surface area contributed by atoms with Gasteiger partial charge in [-0.25, -0.2) is 0 Å². The number of carbonyl (C=O) groups is 2. The van der Waals surface area contributed by atoms with E-state index in [4.69, 9.17) is 10.8 Å². The first-order valence-electron chi connectivity index (χ1n) is 5.45. The van der Waals surface area contributed by atoms with Gasteiger partial charge >= 0.3 is 5.97 Å². The van der Waals surface area contributed by atoms with Crippen molar-refractivity contribution < 1.29 is 14.7 Å². The Morgan fingerprint density at radius 3 is 2.88 bits per heavy atom. The third-order valence-corrected chi connectivity index (χ3v) is 2.89. The van der Waals surface area contributed by atoms with Gasteiger partial charge in [-0.15, -0.1) is 0 Å². The molecule has 0 radical (unpaired) electrons. The van der Waals surface area contributed by atoms with E-state index in [1.165, 1.54) is 0 Å². The highest BCUT2D eigenvalue weighted by atomic mass is 16.4. The molecule has 1 unspecified atom stereocenters. The van der Waals surface area contributed by atoms with Gasteiger partial charge in [0.1, 0.15) is 6.04 Å². The van der Waals surface area contributed by atoms with Crippen LogP contribution in [0, 0.1) is 0 Å². The summed E-state index contributed by atoms with van der Waals surface area (Å²) in [5.41, 5.74) is 6.94. The van der Waals surface area contributed by atoms with Gasteiger partial charge in [0.25, 0.3) is 0 Å². The Morgan fingerprint density at radius 2 is 2.18 bits per heavy atom. The molecule has 1 atom stereocenters. The van der Waals surface area contributed by atoms with Crippen LogP contribution >= 0.6 is 0 Å². The zero-order chi connectivity index (χ0) is 12.4. The molecular weight excluding hydrogens is 220 g/mol. The fourth-order valence-corrected chi connectivity index (χ4v) is 1.98. The topological polar surface area (TPSA) is 83.6 Å². The van der Waals surface area contributed by atoms with Gasteiger partial charge in [-0.3, -0.25) is 9.59 Å². The molecule has 1 aliphatic heterocycles. The average molecular weight is 234 g/mol. The van der Waals surface area contributed by atoms with E-state index in [0.717, 1.165) is 5.69 Å². The average Bonchev–Trinajstić information content (AvgIpc) is 2.33. The highest BCUT2D eigenvalue weighted by molar-refractivity contribution is 6.03. The smallest absolute Gasteiger partial charge is 0.322 e.